The molecule has 0 unspecified atom stereocenters. The van der Waals surface area contributed by atoms with Gasteiger partial charge < -0.3 is 10.4 Å². The summed E-state index contributed by atoms with van der Waals surface area (Å²) in [6.45, 7) is 3.87. The Morgan fingerprint density at radius 3 is 2.29 bits per heavy atom. The van der Waals surface area contributed by atoms with Gasteiger partial charge in [0.15, 0.2) is 0 Å². The molecular formula is C13H23NO3. The third-order valence-electron chi connectivity index (χ3n) is 3.36. The molecule has 0 radical (unpaired) electrons. The number of rotatable bonds is 6. The number of carboxylic acid groups (broad SMARTS) is 1. The Morgan fingerprint density at radius 1 is 1.24 bits per heavy atom. The van der Waals surface area contributed by atoms with E-state index in [0.29, 0.717) is 12.3 Å². The molecule has 1 aliphatic carbocycles. The van der Waals surface area contributed by atoms with E-state index in [-0.39, 0.29) is 6.04 Å². The Balaban J connectivity index is 2.55. The summed E-state index contributed by atoms with van der Waals surface area (Å²) in [7, 11) is 0. The third-order valence-corrected chi connectivity index (χ3v) is 3.36. The predicted molar refractivity (Wildman–Crippen MR) is 65.9 cm³/mol. The van der Waals surface area contributed by atoms with Crippen LogP contribution >= 0.6 is 0 Å². The summed E-state index contributed by atoms with van der Waals surface area (Å²) in [5.41, 5.74) is 0. The van der Waals surface area contributed by atoms with Crippen molar-refractivity contribution in [3.63, 3.8) is 0 Å². The molecule has 0 amide bonds. The fourth-order valence-electron chi connectivity index (χ4n) is 2.56. The molecule has 0 heterocycles. The van der Waals surface area contributed by atoms with E-state index in [4.69, 9.17) is 5.11 Å². The predicted octanol–water partition coefficient (Wildman–Crippen LogP) is 1.98. The smallest absolute Gasteiger partial charge is 0.373 e. The molecule has 0 saturated heterocycles. The number of carbonyl (C=O) groups is 2. The lowest BCUT2D eigenvalue weighted by Gasteiger charge is -2.26. The average molecular weight is 241 g/mol. The second kappa shape index (κ2) is 6.74. The number of hydrogen-bond donors (Lipinski definition) is 2. The first kappa shape index (κ1) is 14.2. The van der Waals surface area contributed by atoms with E-state index < -0.39 is 17.8 Å². The van der Waals surface area contributed by atoms with E-state index >= 15 is 0 Å². The van der Waals surface area contributed by atoms with Gasteiger partial charge in [0.1, 0.15) is 0 Å². The maximum absolute atomic E-state index is 11.6. The maximum Gasteiger partial charge on any atom is 0.373 e. The first-order chi connectivity index (χ1) is 8.00. The van der Waals surface area contributed by atoms with Crippen LogP contribution in [0.25, 0.3) is 0 Å². The Hall–Kier alpha value is -0.900. The van der Waals surface area contributed by atoms with Crippen molar-refractivity contribution < 1.29 is 14.7 Å². The SMILES string of the molecule is CC(C)N[C@@H](CC1CCCCC1)C(=O)C(=O)O. The Kier molecular flexibility index (Phi) is 5.62. The highest BCUT2D eigenvalue weighted by molar-refractivity contribution is 6.34. The second-order valence-corrected chi connectivity index (χ2v) is 5.28. The van der Waals surface area contributed by atoms with E-state index in [9.17, 15) is 9.59 Å². The molecule has 17 heavy (non-hydrogen) atoms. The molecule has 0 aromatic heterocycles. The largest absolute Gasteiger partial charge is 0.475 e. The zero-order valence-electron chi connectivity index (χ0n) is 10.7. The molecule has 1 fully saturated rings. The molecule has 0 aromatic rings. The van der Waals surface area contributed by atoms with Gasteiger partial charge in [0.05, 0.1) is 6.04 Å². The van der Waals surface area contributed by atoms with Crippen LogP contribution < -0.4 is 5.32 Å². The standard InChI is InChI=1S/C13H23NO3/c1-9(2)14-11(12(15)13(16)17)8-10-6-4-3-5-7-10/h9-11,14H,3-8H2,1-2H3,(H,16,17)/t11-/m0/s1. The number of carboxylic acids is 1. The van der Waals surface area contributed by atoms with E-state index in [1.165, 1.54) is 19.3 Å². The second-order valence-electron chi connectivity index (χ2n) is 5.28. The topological polar surface area (TPSA) is 66.4 Å². The molecule has 98 valence electrons. The number of aliphatic carboxylic acids is 1. The number of Topliss-reactive ketones (excluding diaryl/α,β-unsaturated/α-hetero) is 1. The van der Waals surface area contributed by atoms with Gasteiger partial charge in [0.2, 0.25) is 0 Å². The Morgan fingerprint density at radius 2 is 1.82 bits per heavy atom. The molecule has 0 bridgehead atoms. The minimum atomic E-state index is -1.32. The quantitative estimate of drug-likeness (QED) is 0.698. The van der Waals surface area contributed by atoms with Gasteiger partial charge in [-0.2, -0.15) is 0 Å². The van der Waals surface area contributed by atoms with Crippen molar-refractivity contribution in [2.45, 2.75) is 64.5 Å². The molecule has 1 saturated carbocycles. The molecule has 2 N–H and O–H groups in total. The number of hydrogen-bond acceptors (Lipinski definition) is 3. The minimum absolute atomic E-state index is 0.131. The molecule has 0 aliphatic heterocycles. The van der Waals surface area contributed by atoms with Gasteiger partial charge in [-0.25, -0.2) is 4.79 Å². The van der Waals surface area contributed by atoms with Crippen LogP contribution in [0.1, 0.15) is 52.4 Å². The zero-order chi connectivity index (χ0) is 12.8. The van der Waals surface area contributed by atoms with Crippen molar-refractivity contribution in [2.75, 3.05) is 0 Å². The normalized spacial score (nSPS) is 19.2. The highest BCUT2D eigenvalue weighted by Crippen LogP contribution is 2.27. The van der Waals surface area contributed by atoms with Crippen molar-refractivity contribution in [3.8, 4) is 0 Å². The molecule has 1 aliphatic rings. The van der Waals surface area contributed by atoms with Crippen molar-refractivity contribution in [3.05, 3.63) is 0 Å². The summed E-state index contributed by atoms with van der Waals surface area (Å²) in [5, 5.41) is 11.9. The lowest BCUT2D eigenvalue weighted by Crippen LogP contribution is -2.45. The summed E-state index contributed by atoms with van der Waals surface area (Å²) in [6, 6.07) is -0.387. The van der Waals surface area contributed by atoms with Crippen LogP contribution in [0.4, 0.5) is 0 Å². The summed E-state index contributed by atoms with van der Waals surface area (Å²) in [4.78, 5) is 22.4. The van der Waals surface area contributed by atoms with Crippen LogP contribution in [0, 0.1) is 5.92 Å². The van der Waals surface area contributed by atoms with Gasteiger partial charge in [-0.3, -0.25) is 4.79 Å². The number of carbonyl (C=O) groups excluding carboxylic acids is 1. The van der Waals surface area contributed by atoms with E-state index in [1.807, 2.05) is 13.8 Å². The Labute approximate surface area is 103 Å². The summed E-state index contributed by atoms with van der Waals surface area (Å²) >= 11 is 0. The zero-order valence-corrected chi connectivity index (χ0v) is 10.7. The lowest BCUT2D eigenvalue weighted by molar-refractivity contribution is -0.150. The molecule has 0 spiro atoms. The van der Waals surface area contributed by atoms with Crippen LogP contribution in [0.15, 0.2) is 0 Å². The fourth-order valence-corrected chi connectivity index (χ4v) is 2.56. The van der Waals surface area contributed by atoms with Crippen molar-refractivity contribution in [2.24, 2.45) is 5.92 Å². The van der Waals surface area contributed by atoms with Gasteiger partial charge in [-0.1, -0.05) is 46.0 Å². The highest BCUT2D eigenvalue weighted by atomic mass is 16.4. The fraction of sp³-hybridized carbons (Fsp3) is 0.846. The molecule has 1 atom stereocenters. The molecule has 1 rings (SSSR count). The summed E-state index contributed by atoms with van der Waals surface area (Å²) < 4.78 is 0. The Bertz CT molecular complexity index is 270. The molecular weight excluding hydrogens is 218 g/mol. The third kappa shape index (κ3) is 4.86. The van der Waals surface area contributed by atoms with Gasteiger partial charge in [-0.05, 0) is 12.3 Å². The van der Waals surface area contributed by atoms with Gasteiger partial charge in [0, 0.05) is 6.04 Å². The van der Waals surface area contributed by atoms with Crippen LogP contribution in [0.3, 0.4) is 0 Å². The van der Waals surface area contributed by atoms with Crippen LogP contribution in [-0.2, 0) is 9.59 Å². The number of ketones is 1. The first-order valence-corrected chi connectivity index (χ1v) is 6.54. The molecule has 4 heteroatoms. The summed E-state index contributed by atoms with van der Waals surface area (Å²) in [5.74, 6) is -1.51. The van der Waals surface area contributed by atoms with Crippen LogP contribution in [-0.4, -0.2) is 28.9 Å². The average Bonchev–Trinajstić information content (AvgIpc) is 2.28. The van der Waals surface area contributed by atoms with Crippen molar-refractivity contribution in [1.82, 2.24) is 5.32 Å². The maximum atomic E-state index is 11.6. The van der Waals surface area contributed by atoms with Crippen molar-refractivity contribution in [1.29, 1.82) is 0 Å². The van der Waals surface area contributed by atoms with Crippen LogP contribution in [0.5, 0.6) is 0 Å². The summed E-state index contributed by atoms with van der Waals surface area (Å²) in [6.07, 6.45) is 6.61. The lowest BCUT2D eigenvalue weighted by atomic mass is 9.84. The van der Waals surface area contributed by atoms with E-state index in [0.717, 1.165) is 12.8 Å². The van der Waals surface area contributed by atoms with Crippen LogP contribution in [0.2, 0.25) is 0 Å². The van der Waals surface area contributed by atoms with E-state index in [2.05, 4.69) is 5.32 Å². The molecule has 4 nitrogen and oxygen atoms in total. The number of nitrogens with one attached hydrogen (secondary N) is 1. The van der Waals surface area contributed by atoms with Crippen molar-refractivity contribution >= 4 is 11.8 Å². The van der Waals surface area contributed by atoms with Gasteiger partial charge >= 0.3 is 5.97 Å². The monoisotopic (exact) mass is 241 g/mol. The van der Waals surface area contributed by atoms with Gasteiger partial charge in [-0.15, -0.1) is 0 Å². The van der Waals surface area contributed by atoms with E-state index in [1.54, 1.807) is 0 Å². The first-order valence-electron chi connectivity index (χ1n) is 6.54. The molecule has 0 aromatic carbocycles. The van der Waals surface area contributed by atoms with Gasteiger partial charge in [0.25, 0.3) is 5.78 Å². The highest BCUT2D eigenvalue weighted by Gasteiger charge is 2.28. The minimum Gasteiger partial charge on any atom is -0.475 e.